The van der Waals surface area contributed by atoms with Gasteiger partial charge in [-0.05, 0) is 25.0 Å². The van der Waals surface area contributed by atoms with Gasteiger partial charge in [-0.3, -0.25) is 4.79 Å². The van der Waals surface area contributed by atoms with Crippen LogP contribution in [-0.2, 0) is 17.6 Å². The van der Waals surface area contributed by atoms with E-state index in [2.05, 4.69) is 11.9 Å². The molecule has 0 spiro atoms. The van der Waals surface area contributed by atoms with Crippen LogP contribution in [0.15, 0.2) is 12.1 Å². The van der Waals surface area contributed by atoms with Crippen LogP contribution in [0.3, 0.4) is 0 Å². The average Bonchev–Trinajstić information content (AvgIpc) is 2.52. The minimum absolute atomic E-state index is 0.0910. The maximum Gasteiger partial charge on any atom is 0.309 e. The highest BCUT2D eigenvalue weighted by atomic mass is 16.4. The number of hydrogen-bond donors (Lipinski definition) is 2. The van der Waals surface area contributed by atoms with E-state index in [9.17, 15) is 4.79 Å². The van der Waals surface area contributed by atoms with Crippen LogP contribution in [0.4, 0.5) is 0 Å². The van der Waals surface area contributed by atoms with E-state index in [0.717, 1.165) is 17.8 Å². The third-order valence-electron chi connectivity index (χ3n) is 2.20. The molecule has 0 bridgehead atoms. The molecule has 0 atom stereocenters. The van der Waals surface area contributed by atoms with Gasteiger partial charge in [0.15, 0.2) is 0 Å². The van der Waals surface area contributed by atoms with Crippen LogP contribution in [0.2, 0.25) is 0 Å². The number of carbonyl (C=O) groups is 1. The summed E-state index contributed by atoms with van der Waals surface area (Å²) in [6.45, 7) is 2.17. The molecule has 0 saturated carbocycles. The molecule has 1 aromatic heterocycles. The lowest BCUT2D eigenvalue weighted by Crippen LogP contribution is -2.00. The second-order valence-electron chi connectivity index (χ2n) is 3.54. The summed E-state index contributed by atoms with van der Waals surface area (Å²) in [6, 6.07) is 3.84. The van der Waals surface area contributed by atoms with Crippen molar-refractivity contribution in [1.29, 1.82) is 0 Å². The quantitative estimate of drug-likeness (QED) is 0.685. The molecule has 0 radical (unpaired) electrons. The molecule has 14 heavy (non-hydrogen) atoms. The van der Waals surface area contributed by atoms with Gasteiger partial charge in [0, 0.05) is 11.4 Å². The largest absolute Gasteiger partial charge is 0.481 e. The molecule has 0 aromatic carbocycles. The van der Waals surface area contributed by atoms with Crippen molar-refractivity contribution >= 4 is 5.97 Å². The van der Waals surface area contributed by atoms with Crippen molar-refractivity contribution in [3.8, 4) is 0 Å². The Hall–Kier alpha value is -1.25. The fourth-order valence-corrected chi connectivity index (χ4v) is 1.47. The third kappa shape index (κ3) is 3.64. The van der Waals surface area contributed by atoms with Crippen molar-refractivity contribution in [1.82, 2.24) is 4.98 Å². The molecule has 2 N–H and O–H groups in total. The first kappa shape index (κ1) is 10.8. The molecule has 0 fully saturated rings. The number of nitrogens with one attached hydrogen (secondary N) is 1. The molecule has 0 saturated heterocycles. The Labute approximate surface area is 84.2 Å². The number of aryl methyl sites for hydroxylation is 1. The number of unbranched alkanes of at least 4 members (excludes halogenated alkanes) is 2. The SMILES string of the molecule is CCCCCc1ccc(CC(=O)O)[nH]1. The van der Waals surface area contributed by atoms with Gasteiger partial charge in [0.25, 0.3) is 0 Å². The number of H-pyrrole nitrogens is 1. The number of rotatable bonds is 6. The molecule has 3 heteroatoms. The number of aromatic amines is 1. The Kier molecular flexibility index (Phi) is 4.23. The zero-order valence-electron chi connectivity index (χ0n) is 8.55. The van der Waals surface area contributed by atoms with Gasteiger partial charge in [-0.2, -0.15) is 0 Å². The molecule has 1 heterocycles. The van der Waals surface area contributed by atoms with Gasteiger partial charge in [0.1, 0.15) is 0 Å². The van der Waals surface area contributed by atoms with Gasteiger partial charge in [-0.1, -0.05) is 19.8 Å². The summed E-state index contributed by atoms with van der Waals surface area (Å²) in [5.41, 5.74) is 1.94. The number of carboxylic acids is 1. The first-order valence-electron chi connectivity index (χ1n) is 5.11. The smallest absolute Gasteiger partial charge is 0.309 e. The van der Waals surface area contributed by atoms with Crippen LogP contribution >= 0.6 is 0 Å². The molecule has 0 amide bonds. The van der Waals surface area contributed by atoms with Crippen molar-refractivity contribution in [2.75, 3.05) is 0 Å². The van der Waals surface area contributed by atoms with Crippen LogP contribution in [0.1, 0.15) is 37.6 Å². The predicted molar refractivity (Wildman–Crippen MR) is 55.4 cm³/mol. The van der Waals surface area contributed by atoms with E-state index < -0.39 is 5.97 Å². The van der Waals surface area contributed by atoms with Crippen LogP contribution in [0, 0.1) is 0 Å². The first-order chi connectivity index (χ1) is 6.72. The second-order valence-corrected chi connectivity index (χ2v) is 3.54. The van der Waals surface area contributed by atoms with E-state index >= 15 is 0 Å². The zero-order valence-corrected chi connectivity index (χ0v) is 8.55. The van der Waals surface area contributed by atoms with Gasteiger partial charge in [-0.15, -0.1) is 0 Å². The van der Waals surface area contributed by atoms with E-state index in [1.165, 1.54) is 19.3 Å². The van der Waals surface area contributed by atoms with Crippen molar-refractivity contribution < 1.29 is 9.90 Å². The molecule has 1 aromatic rings. The van der Waals surface area contributed by atoms with E-state index in [1.807, 2.05) is 12.1 Å². The third-order valence-corrected chi connectivity index (χ3v) is 2.20. The molecule has 78 valence electrons. The molecule has 0 aliphatic carbocycles. The number of carboxylic acid groups (broad SMARTS) is 1. The van der Waals surface area contributed by atoms with Gasteiger partial charge >= 0.3 is 5.97 Å². The molecule has 0 aliphatic rings. The molecule has 3 nitrogen and oxygen atoms in total. The van der Waals surface area contributed by atoms with Crippen LogP contribution in [-0.4, -0.2) is 16.1 Å². The summed E-state index contributed by atoms with van der Waals surface area (Å²) in [5, 5.41) is 8.57. The van der Waals surface area contributed by atoms with Gasteiger partial charge in [0.05, 0.1) is 6.42 Å². The summed E-state index contributed by atoms with van der Waals surface area (Å²) in [6.07, 6.45) is 4.72. The number of aliphatic carboxylic acids is 1. The minimum Gasteiger partial charge on any atom is -0.481 e. The fraction of sp³-hybridized carbons (Fsp3) is 0.545. The highest BCUT2D eigenvalue weighted by molar-refractivity contribution is 5.69. The Morgan fingerprint density at radius 1 is 1.36 bits per heavy atom. The molecular formula is C11H17NO2. The number of hydrogen-bond acceptors (Lipinski definition) is 1. The highest BCUT2D eigenvalue weighted by Gasteiger charge is 2.02. The molecular weight excluding hydrogens is 178 g/mol. The normalized spacial score (nSPS) is 10.4. The van der Waals surface area contributed by atoms with Gasteiger partial charge in [-0.25, -0.2) is 0 Å². The standard InChI is InChI=1S/C11H17NO2/c1-2-3-4-5-9-6-7-10(12-9)8-11(13)14/h6-7,12H,2-5,8H2,1H3,(H,13,14). The average molecular weight is 195 g/mol. The Balaban J connectivity index is 2.38. The zero-order chi connectivity index (χ0) is 10.4. The van der Waals surface area contributed by atoms with Crippen molar-refractivity contribution in [3.05, 3.63) is 23.5 Å². The monoisotopic (exact) mass is 195 g/mol. The van der Waals surface area contributed by atoms with E-state index in [0.29, 0.717) is 0 Å². The van der Waals surface area contributed by atoms with Crippen molar-refractivity contribution in [2.45, 2.75) is 39.0 Å². The maximum atomic E-state index is 10.4. The molecule has 0 aliphatic heterocycles. The summed E-state index contributed by atoms with van der Waals surface area (Å²) in [5.74, 6) is -0.785. The van der Waals surface area contributed by atoms with E-state index in [1.54, 1.807) is 0 Å². The van der Waals surface area contributed by atoms with Crippen molar-refractivity contribution in [2.24, 2.45) is 0 Å². The fourth-order valence-electron chi connectivity index (χ4n) is 1.47. The summed E-state index contributed by atoms with van der Waals surface area (Å²) < 4.78 is 0. The minimum atomic E-state index is -0.785. The maximum absolute atomic E-state index is 10.4. The van der Waals surface area contributed by atoms with Crippen LogP contribution < -0.4 is 0 Å². The Morgan fingerprint density at radius 2 is 2.07 bits per heavy atom. The second kappa shape index (κ2) is 5.47. The van der Waals surface area contributed by atoms with Crippen LogP contribution in [0.5, 0.6) is 0 Å². The Bertz CT molecular complexity index is 291. The summed E-state index contributed by atoms with van der Waals surface area (Å²) in [7, 11) is 0. The lowest BCUT2D eigenvalue weighted by atomic mass is 10.2. The molecule has 0 unspecified atom stereocenters. The van der Waals surface area contributed by atoms with Gasteiger partial charge in [0.2, 0.25) is 0 Å². The van der Waals surface area contributed by atoms with Crippen molar-refractivity contribution in [3.63, 3.8) is 0 Å². The summed E-state index contributed by atoms with van der Waals surface area (Å²) in [4.78, 5) is 13.5. The molecule has 1 rings (SSSR count). The Morgan fingerprint density at radius 3 is 2.71 bits per heavy atom. The number of aromatic nitrogens is 1. The lowest BCUT2D eigenvalue weighted by molar-refractivity contribution is -0.136. The topological polar surface area (TPSA) is 53.1 Å². The predicted octanol–water partition coefficient (Wildman–Crippen LogP) is 2.37. The van der Waals surface area contributed by atoms with E-state index in [4.69, 9.17) is 5.11 Å². The first-order valence-corrected chi connectivity index (χ1v) is 5.11. The van der Waals surface area contributed by atoms with E-state index in [-0.39, 0.29) is 6.42 Å². The van der Waals surface area contributed by atoms with Crippen LogP contribution in [0.25, 0.3) is 0 Å². The summed E-state index contributed by atoms with van der Waals surface area (Å²) >= 11 is 0. The van der Waals surface area contributed by atoms with Gasteiger partial charge < -0.3 is 10.1 Å². The highest BCUT2D eigenvalue weighted by Crippen LogP contribution is 2.07. The lowest BCUT2D eigenvalue weighted by Gasteiger charge is -1.96.